The Kier molecular flexibility index (Phi) is 7.72. The van der Waals surface area contributed by atoms with Gasteiger partial charge in [-0.25, -0.2) is 4.79 Å². The van der Waals surface area contributed by atoms with Crippen molar-refractivity contribution in [3.8, 4) is 11.5 Å². The van der Waals surface area contributed by atoms with Gasteiger partial charge in [0.2, 0.25) is 11.8 Å². The van der Waals surface area contributed by atoms with Crippen molar-refractivity contribution in [1.29, 1.82) is 5.41 Å². The van der Waals surface area contributed by atoms with Gasteiger partial charge in [0.15, 0.2) is 18.1 Å². The van der Waals surface area contributed by atoms with Crippen LogP contribution in [-0.2, 0) is 19.2 Å². The van der Waals surface area contributed by atoms with Crippen molar-refractivity contribution in [2.75, 3.05) is 13.7 Å². The number of nitrogens with two attached hydrogens (primary N) is 1. The first-order chi connectivity index (χ1) is 18.4. The van der Waals surface area contributed by atoms with E-state index >= 15 is 0 Å². The summed E-state index contributed by atoms with van der Waals surface area (Å²) >= 11 is 1.31. The second-order valence-corrected chi connectivity index (χ2v) is 11.3. The number of thioether (sulfide) groups is 1. The summed E-state index contributed by atoms with van der Waals surface area (Å²) in [4.78, 5) is 52.1. The number of aliphatic carboxylic acids is 1. The van der Waals surface area contributed by atoms with Crippen LogP contribution < -0.4 is 25.8 Å². The van der Waals surface area contributed by atoms with Crippen LogP contribution in [0.2, 0.25) is 0 Å². The Morgan fingerprint density at radius 3 is 2.49 bits per heavy atom. The third kappa shape index (κ3) is 5.48. The third-order valence-electron chi connectivity index (χ3n) is 6.51. The second kappa shape index (κ2) is 10.8. The zero-order valence-corrected chi connectivity index (χ0v) is 22.3. The summed E-state index contributed by atoms with van der Waals surface area (Å²) in [6.45, 7) is 3.04. The van der Waals surface area contributed by atoms with Crippen molar-refractivity contribution in [2.45, 2.75) is 42.1 Å². The number of ether oxygens (including phenoxy) is 2. The van der Waals surface area contributed by atoms with Crippen LogP contribution in [0.15, 0.2) is 48.5 Å². The van der Waals surface area contributed by atoms with Gasteiger partial charge in [0.05, 0.1) is 7.11 Å². The summed E-state index contributed by atoms with van der Waals surface area (Å²) in [7, 11) is 1.41. The number of hydrogen-bond donors (Lipinski definition) is 5. The second-order valence-electron chi connectivity index (χ2n) is 9.56. The van der Waals surface area contributed by atoms with E-state index in [-0.39, 0.29) is 17.3 Å². The smallest absolute Gasteiger partial charge is 0.327 e. The van der Waals surface area contributed by atoms with E-state index in [1.165, 1.54) is 35.9 Å². The van der Waals surface area contributed by atoms with Crippen LogP contribution in [0, 0.1) is 5.41 Å². The van der Waals surface area contributed by atoms with Gasteiger partial charge in [-0.3, -0.25) is 19.8 Å². The molecule has 0 aliphatic carbocycles. The molecule has 13 heteroatoms. The van der Waals surface area contributed by atoms with Crippen LogP contribution in [-0.4, -0.2) is 75.5 Å². The number of benzene rings is 2. The number of amides is 3. The lowest BCUT2D eigenvalue weighted by atomic mass is 9.95. The maximum Gasteiger partial charge on any atom is 0.327 e. The molecule has 4 rings (SSSR count). The Morgan fingerprint density at radius 1 is 1.18 bits per heavy atom. The standard InChI is InChI=1S/C26H29N5O7S/c1-26(2)20(25(35)36)31-23(34)19(24(31)39-26)30-22(33)18(13-7-5-4-6-8-13)29-17(32)12-38-15-10-9-14(21(27)28)11-16(15)37-3/h4-11,18-20,24H,12H2,1-3H3,(H3,27,28)(H,29,32)(H,30,33)(H,35,36)/t18?,19-,20+,24-/m1/s1. The van der Waals surface area contributed by atoms with E-state index in [1.54, 1.807) is 50.2 Å². The van der Waals surface area contributed by atoms with Gasteiger partial charge in [-0.2, -0.15) is 0 Å². The fourth-order valence-electron chi connectivity index (χ4n) is 4.63. The molecule has 2 aliphatic heterocycles. The number of nitrogens with one attached hydrogen (secondary N) is 3. The monoisotopic (exact) mass is 555 g/mol. The van der Waals surface area contributed by atoms with Gasteiger partial charge in [-0.05, 0) is 37.6 Å². The van der Waals surface area contributed by atoms with E-state index in [9.17, 15) is 24.3 Å². The molecule has 0 aromatic heterocycles. The first kappa shape index (κ1) is 27.8. The molecule has 4 atom stereocenters. The molecule has 0 radical (unpaired) electrons. The largest absolute Gasteiger partial charge is 0.493 e. The van der Waals surface area contributed by atoms with Crippen molar-refractivity contribution < 1.29 is 33.8 Å². The first-order valence-electron chi connectivity index (χ1n) is 12.0. The van der Waals surface area contributed by atoms with Gasteiger partial charge in [-0.1, -0.05) is 30.3 Å². The van der Waals surface area contributed by atoms with Crippen molar-refractivity contribution in [3.63, 3.8) is 0 Å². The van der Waals surface area contributed by atoms with Gasteiger partial charge in [0.1, 0.15) is 29.3 Å². The molecule has 6 N–H and O–H groups in total. The fourth-order valence-corrected chi connectivity index (χ4v) is 6.25. The Bertz CT molecular complexity index is 1320. The number of hydrogen-bond acceptors (Lipinski definition) is 8. The van der Waals surface area contributed by atoms with Crippen LogP contribution in [0.5, 0.6) is 11.5 Å². The number of methoxy groups -OCH3 is 1. The molecule has 2 aromatic carbocycles. The topological polar surface area (TPSA) is 184 Å². The third-order valence-corrected chi connectivity index (χ3v) is 8.08. The van der Waals surface area contributed by atoms with Crippen molar-refractivity contribution in [3.05, 3.63) is 59.7 Å². The van der Waals surface area contributed by atoms with Crippen LogP contribution in [0.4, 0.5) is 0 Å². The van der Waals surface area contributed by atoms with E-state index in [2.05, 4.69) is 10.6 Å². The maximum atomic E-state index is 13.4. The molecule has 2 saturated heterocycles. The molecule has 2 aromatic rings. The zero-order valence-electron chi connectivity index (χ0n) is 21.5. The van der Waals surface area contributed by atoms with Crippen LogP contribution >= 0.6 is 11.8 Å². The Morgan fingerprint density at radius 2 is 1.87 bits per heavy atom. The number of amidine groups is 1. The highest BCUT2D eigenvalue weighted by Crippen LogP contribution is 2.50. The summed E-state index contributed by atoms with van der Waals surface area (Å²) in [6, 6.07) is 10.0. The number of β-lactam (4-membered cyclic amide) rings is 1. The molecule has 2 fully saturated rings. The van der Waals surface area contributed by atoms with Crippen molar-refractivity contribution >= 4 is 41.3 Å². The number of carboxylic acids is 1. The fraction of sp³-hybridized carbons (Fsp3) is 0.346. The number of carboxylic acid groups (broad SMARTS) is 1. The van der Waals surface area contributed by atoms with E-state index < -0.39 is 58.5 Å². The molecule has 39 heavy (non-hydrogen) atoms. The highest BCUT2D eigenvalue weighted by molar-refractivity contribution is 8.01. The van der Waals surface area contributed by atoms with Gasteiger partial charge in [0.25, 0.3) is 5.91 Å². The Balaban J connectivity index is 1.45. The lowest BCUT2D eigenvalue weighted by Crippen LogP contribution is -2.71. The molecule has 2 heterocycles. The van der Waals surface area contributed by atoms with Crippen molar-refractivity contribution in [1.82, 2.24) is 15.5 Å². The SMILES string of the molecule is COc1cc(C(=N)N)ccc1OCC(=O)NC(C(=O)N[C@@H]1C(=O)N2[C@@H]1SC(C)(C)[C@@H]2C(=O)O)c1ccccc1. The van der Waals surface area contributed by atoms with Gasteiger partial charge in [-0.15, -0.1) is 11.8 Å². The summed E-state index contributed by atoms with van der Waals surface area (Å²) in [5.41, 5.74) is 6.41. The number of fused-ring (bicyclic) bond motifs is 1. The average Bonchev–Trinajstić information content (AvgIpc) is 3.17. The predicted octanol–water partition coefficient (Wildman–Crippen LogP) is 0.847. The van der Waals surface area contributed by atoms with E-state index in [4.69, 9.17) is 20.6 Å². The van der Waals surface area contributed by atoms with Crippen LogP contribution in [0.1, 0.15) is 31.0 Å². The summed E-state index contributed by atoms with van der Waals surface area (Å²) < 4.78 is 10.1. The highest BCUT2D eigenvalue weighted by Gasteiger charge is 2.64. The first-order valence-corrected chi connectivity index (χ1v) is 12.8. The summed E-state index contributed by atoms with van der Waals surface area (Å²) in [6.07, 6.45) is 0. The zero-order chi connectivity index (χ0) is 28.5. The Hall–Kier alpha value is -4.26. The number of nitrogen functional groups attached to an aromatic ring is 1. The quantitative estimate of drug-likeness (QED) is 0.161. The maximum absolute atomic E-state index is 13.4. The minimum atomic E-state index is -1.14. The normalized spacial score (nSPS) is 21.7. The molecule has 206 valence electrons. The van der Waals surface area contributed by atoms with Gasteiger partial charge < -0.3 is 35.8 Å². The van der Waals surface area contributed by atoms with Crippen LogP contribution in [0.25, 0.3) is 0 Å². The van der Waals surface area contributed by atoms with Crippen molar-refractivity contribution in [2.24, 2.45) is 5.73 Å². The summed E-state index contributed by atoms with van der Waals surface area (Å²) in [5.74, 6) is -2.45. The minimum Gasteiger partial charge on any atom is -0.493 e. The Labute approximate surface area is 228 Å². The van der Waals surface area contributed by atoms with E-state index in [0.717, 1.165) is 0 Å². The average molecular weight is 556 g/mol. The molecule has 0 spiro atoms. The number of nitrogens with zero attached hydrogens (tertiary/aromatic N) is 1. The molecule has 2 aliphatic rings. The highest BCUT2D eigenvalue weighted by atomic mass is 32.2. The van der Waals surface area contributed by atoms with Gasteiger partial charge >= 0.3 is 5.97 Å². The number of rotatable bonds is 10. The molecule has 0 bridgehead atoms. The lowest BCUT2D eigenvalue weighted by Gasteiger charge is -2.44. The van der Waals surface area contributed by atoms with E-state index in [0.29, 0.717) is 11.1 Å². The van der Waals surface area contributed by atoms with E-state index in [1.807, 2.05) is 0 Å². The molecule has 3 amide bonds. The predicted molar refractivity (Wildman–Crippen MR) is 142 cm³/mol. The molecule has 0 saturated carbocycles. The van der Waals surface area contributed by atoms with Gasteiger partial charge in [0, 0.05) is 10.3 Å². The molecular weight excluding hydrogens is 526 g/mol. The number of carbonyl (C=O) groups is 4. The number of carbonyl (C=O) groups excluding carboxylic acids is 3. The molecule has 1 unspecified atom stereocenters. The minimum absolute atomic E-state index is 0.152. The lowest BCUT2D eigenvalue weighted by molar-refractivity contribution is -0.161. The summed E-state index contributed by atoms with van der Waals surface area (Å²) in [5, 5.41) is 22.0. The molecular formula is C26H29N5O7S. The van der Waals surface area contributed by atoms with Crippen LogP contribution in [0.3, 0.4) is 0 Å². The molecule has 12 nitrogen and oxygen atoms in total.